The zero-order valence-corrected chi connectivity index (χ0v) is 12.6. The molecule has 1 saturated heterocycles. The molecule has 2 heteroatoms. The van der Waals surface area contributed by atoms with E-state index < -0.39 is 0 Å². The number of likely N-dealkylation sites (tertiary alicyclic amines) is 1. The van der Waals surface area contributed by atoms with Crippen molar-refractivity contribution < 1.29 is 4.79 Å². The first-order valence-corrected chi connectivity index (χ1v) is 8.38. The van der Waals surface area contributed by atoms with Gasteiger partial charge in [0.05, 0.1) is 0 Å². The van der Waals surface area contributed by atoms with E-state index in [1.165, 1.54) is 32.4 Å². The largest absolute Gasteiger partial charge is 0.302 e. The summed E-state index contributed by atoms with van der Waals surface area (Å²) in [6, 6.07) is 0. The van der Waals surface area contributed by atoms with Gasteiger partial charge in [-0.15, -0.1) is 0 Å². The van der Waals surface area contributed by atoms with E-state index in [2.05, 4.69) is 18.7 Å². The fourth-order valence-electron chi connectivity index (χ4n) is 4.72. The molecule has 1 aliphatic heterocycles. The Kier molecular flexibility index (Phi) is 3.98. The summed E-state index contributed by atoms with van der Waals surface area (Å²) in [4.78, 5) is 14.8. The van der Waals surface area contributed by atoms with Crippen LogP contribution >= 0.6 is 0 Å². The zero-order valence-electron chi connectivity index (χ0n) is 12.6. The third-order valence-corrected chi connectivity index (χ3v) is 6.03. The van der Waals surface area contributed by atoms with E-state index in [0.717, 1.165) is 49.5 Å². The Balaban J connectivity index is 1.55. The fraction of sp³-hybridized carbons (Fsp3) is 0.941. The summed E-state index contributed by atoms with van der Waals surface area (Å²) < 4.78 is 0. The molecule has 4 unspecified atom stereocenters. The Bertz CT molecular complexity index is 326. The van der Waals surface area contributed by atoms with Crippen LogP contribution in [-0.2, 0) is 4.79 Å². The van der Waals surface area contributed by atoms with Gasteiger partial charge in [-0.2, -0.15) is 0 Å². The number of carbonyl (C=O) groups is 1. The number of hydrogen-bond acceptors (Lipinski definition) is 2. The van der Waals surface area contributed by atoms with E-state index in [9.17, 15) is 4.79 Å². The fourth-order valence-corrected chi connectivity index (χ4v) is 4.72. The van der Waals surface area contributed by atoms with E-state index in [4.69, 9.17) is 0 Å². The van der Waals surface area contributed by atoms with Crippen molar-refractivity contribution in [2.45, 2.75) is 52.4 Å². The molecule has 0 radical (unpaired) electrons. The number of nitrogens with zero attached hydrogens (tertiary/aromatic N) is 1. The van der Waals surface area contributed by atoms with Crippen molar-refractivity contribution in [2.24, 2.45) is 29.6 Å². The van der Waals surface area contributed by atoms with Crippen molar-refractivity contribution >= 4 is 5.78 Å². The maximum absolute atomic E-state index is 12.2. The van der Waals surface area contributed by atoms with Crippen LogP contribution in [0.1, 0.15) is 52.4 Å². The lowest BCUT2D eigenvalue weighted by atomic mass is 9.75. The molecule has 108 valence electrons. The molecule has 0 spiro atoms. The lowest BCUT2D eigenvalue weighted by Gasteiger charge is -2.33. The number of fused-ring (bicyclic) bond motifs is 1. The maximum Gasteiger partial charge on any atom is 0.137 e. The van der Waals surface area contributed by atoms with Crippen molar-refractivity contribution in [3.63, 3.8) is 0 Å². The van der Waals surface area contributed by atoms with Crippen LogP contribution in [0, 0.1) is 29.6 Å². The molecule has 2 saturated carbocycles. The van der Waals surface area contributed by atoms with E-state index >= 15 is 0 Å². The number of ketones is 1. The monoisotopic (exact) mass is 263 g/mol. The average molecular weight is 263 g/mol. The van der Waals surface area contributed by atoms with E-state index in [1.54, 1.807) is 0 Å². The molecule has 3 aliphatic rings. The average Bonchev–Trinajstić information content (AvgIpc) is 2.92. The first-order valence-electron chi connectivity index (χ1n) is 8.38. The van der Waals surface area contributed by atoms with Gasteiger partial charge >= 0.3 is 0 Å². The number of hydrogen-bond donors (Lipinski definition) is 0. The Morgan fingerprint density at radius 1 is 1.16 bits per heavy atom. The standard InChI is InChI=1S/C17H29NO/c1-12(2)13-6-7-17(19)16(8-13)11-18-9-14-4-3-5-15(14)10-18/h12-16H,3-11H2,1-2H3. The van der Waals surface area contributed by atoms with Gasteiger partial charge in [0.2, 0.25) is 0 Å². The molecular formula is C17H29NO. The van der Waals surface area contributed by atoms with Crippen LogP contribution in [0.25, 0.3) is 0 Å². The molecule has 0 amide bonds. The highest BCUT2D eigenvalue weighted by molar-refractivity contribution is 5.82. The third kappa shape index (κ3) is 2.89. The molecule has 0 N–H and O–H groups in total. The molecule has 19 heavy (non-hydrogen) atoms. The van der Waals surface area contributed by atoms with Gasteiger partial charge in [0.25, 0.3) is 0 Å². The minimum absolute atomic E-state index is 0.347. The molecule has 0 bridgehead atoms. The zero-order chi connectivity index (χ0) is 13.4. The van der Waals surface area contributed by atoms with E-state index in [-0.39, 0.29) is 0 Å². The summed E-state index contributed by atoms with van der Waals surface area (Å²) in [5.41, 5.74) is 0. The van der Waals surface area contributed by atoms with Crippen LogP contribution in [0.3, 0.4) is 0 Å². The van der Waals surface area contributed by atoms with Crippen molar-refractivity contribution in [1.29, 1.82) is 0 Å². The molecule has 0 aromatic carbocycles. The molecule has 1 heterocycles. The SMILES string of the molecule is CC(C)C1CCC(=O)C(CN2CC3CCCC3C2)C1. The smallest absolute Gasteiger partial charge is 0.137 e. The molecule has 3 rings (SSSR count). The molecule has 4 atom stereocenters. The summed E-state index contributed by atoms with van der Waals surface area (Å²) >= 11 is 0. The predicted octanol–water partition coefficient (Wildman–Crippen LogP) is 3.36. The van der Waals surface area contributed by atoms with Gasteiger partial charge in [-0.05, 0) is 49.4 Å². The molecule has 2 aliphatic carbocycles. The Morgan fingerprint density at radius 2 is 1.84 bits per heavy atom. The predicted molar refractivity (Wildman–Crippen MR) is 77.9 cm³/mol. The quantitative estimate of drug-likeness (QED) is 0.778. The first-order chi connectivity index (χ1) is 9.13. The second kappa shape index (κ2) is 5.55. The normalized spacial score (nSPS) is 40.1. The third-order valence-electron chi connectivity index (χ3n) is 6.03. The van der Waals surface area contributed by atoms with Crippen LogP contribution in [0.4, 0.5) is 0 Å². The summed E-state index contributed by atoms with van der Waals surface area (Å²) in [5.74, 6) is 4.34. The van der Waals surface area contributed by atoms with E-state index in [0.29, 0.717) is 11.7 Å². The summed E-state index contributed by atoms with van der Waals surface area (Å²) in [6.07, 6.45) is 7.46. The molecule has 0 aromatic heterocycles. The second-order valence-corrected chi connectivity index (χ2v) is 7.61. The van der Waals surface area contributed by atoms with Gasteiger partial charge in [-0.25, -0.2) is 0 Å². The topological polar surface area (TPSA) is 20.3 Å². The van der Waals surface area contributed by atoms with Crippen LogP contribution in [0.5, 0.6) is 0 Å². The first kappa shape index (κ1) is 13.6. The van der Waals surface area contributed by atoms with Crippen LogP contribution in [-0.4, -0.2) is 30.3 Å². The Hall–Kier alpha value is -0.370. The van der Waals surface area contributed by atoms with Crippen molar-refractivity contribution in [3.8, 4) is 0 Å². The highest BCUT2D eigenvalue weighted by atomic mass is 16.1. The highest BCUT2D eigenvalue weighted by Crippen LogP contribution is 2.39. The minimum atomic E-state index is 0.347. The molecular weight excluding hydrogens is 234 g/mol. The molecule has 2 nitrogen and oxygen atoms in total. The molecule has 3 fully saturated rings. The Labute approximate surface area is 117 Å². The maximum atomic E-state index is 12.2. The van der Waals surface area contributed by atoms with Gasteiger partial charge in [0.1, 0.15) is 5.78 Å². The van der Waals surface area contributed by atoms with Gasteiger partial charge in [0, 0.05) is 32.0 Å². The van der Waals surface area contributed by atoms with Gasteiger partial charge in [-0.3, -0.25) is 4.79 Å². The number of carbonyl (C=O) groups excluding carboxylic acids is 1. The van der Waals surface area contributed by atoms with Crippen molar-refractivity contribution in [3.05, 3.63) is 0 Å². The summed E-state index contributed by atoms with van der Waals surface area (Å²) in [7, 11) is 0. The second-order valence-electron chi connectivity index (χ2n) is 7.61. The van der Waals surface area contributed by atoms with Gasteiger partial charge < -0.3 is 4.90 Å². The van der Waals surface area contributed by atoms with Gasteiger partial charge in [-0.1, -0.05) is 20.3 Å². The minimum Gasteiger partial charge on any atom is -0.302 e. The Morgan fingerprint density at radius 3 is 2.47 bits per heavy atom. The van der Waals surface area contributed by atoms with Crippen LogP contribution in [0.15, 0.2) is 0 Å². The van der Waals surface area contributed by atoms with Crippen molar-refractivity contribution in [2.75, 3.05) is 19.6 Å². The van der Waals surface area contributed by atoms with Crippen LogP contribution < -0.4 is 0 Å². The number of rotatable bonds is 3. The van der Waals surface area contributed by atoms with Crippen LogP contribution in [0.2, 0.25) is 0 Å². The lowest BCUT2D eigenvalue weighted by Crippen LogP contribution is -2.37. The van der Waals surface area contributed by atoms with E-state index in [1.807, 2.05) is 0 Å². The molecule has 0 aromatic rings. The highest BCUT2D eigenvalue weighted by Gasteiger charge is 2.38. The van der Waals surface area contributed by atoms with Crippen molar-refractivity contribution in [1.82, 2.24) is 4.90 Å². The summed E-state index contributed by atoms with van der Waals surface area (Å²) in [6.45, 7) is 8.26. The summed E-state index contributed by atoms with van der Waals surface area (Å²) in [5, 5.41) is 0. The lowest BCUT2D eigenvalue weighted by molar-refractivity contribution is -0.126. The number of Topliss-reactive ketones (excluding diaryl/α,β-unsaturated/α-hetero) is 1. The van der Waals surface area contributed by atoms with Gasteiger partial charge in [0.15, 0.2) is 0 Å².